The summed E-state index contributed by atoms with van der Waals surface area (Å²) in [6.45, 7) is 18.0. The summed E-state index contributed by atoms with van der Waals surface area (Å²) in [6.07, 6.45) is 5.03. The Kier molecular flexibility index (Phi) is 112. The number of allylic oxidation sites excluding steroid dienone is 3. The fourth-order valence-electron chi connectivity index (χ4n) is 0. The lowest BCUT2D eigenvalue weighted by Crippen LogP contribution is -1.21. The van der Waals surface area contributed by atoms with E-state index in [1.807, 2.05) is 6.92 Å². The van der Waals surface area contributed by atoms with Crippen LogP contribution in [0.2, 0.25) is 0 Å². The minimum Gasteiger partial charge on any atom is -0.106 e. The van der Waals surface area contributed by atoms with Crippen molar-refractivity contribution < 1.29 is 0 Å². The van der Waals surface area contributed by atoms with Gasteiger partial charge in [0.05, 0.1) is 0 Å². The van der Waals surface area contributed by atoms with E-state index >= 15 is 0 Å². The molecule has 0 aliphatic carbocycles. The molecule has 0 aromatic carbocycles. The van der Waals surface area contributed by atoms with Crippen LogP contribution in [0.1, 0.15) is 6.92 Å². The minimum atomic E-state index is 1.64. The zero-order valence-corrected chi connectivity index (χ0v) is 6.27. The smallest absolute Gasteiger partial charge is 0.0473 e. The summed E-state index contributed by atoms with van der Waals surface area (Å²) in [5, 5.41) is 0. The number of hydrogen-bond acceptors (Lipinski definition) is 0. The van der Waals surface area contributed by atoms with Crippen molar-refractivity contribution in [2.75, 3.05) is 0 Å². The second-order valence-electron chi connectivity index (χ2n) is 0.880. The molecule has 0 unspecified atom stereocenters. The third-order valence-corrected chi connectivity index (χ3v) is 0.167. The topological polar surface area (TPSA) is 0 Å². The van der Waals surface area contributed by atoms with E-state index in [1.165, 1.54) is 0 Å². The van der Waals surface area contributed by atoms with Gasteiger partial charge in [-0.15, -0.1) is 19.7 Å². The third-order valence-electron chi connectivity index (χ3n) is 0.167. The molecule has 9 heavy (non-hydrogen) atoms. The molecule has 0 atom stereocenters. The van der Waals surface area contributed by atoms with Crippen molar-refractivity contribution in [3.8, 4) is 0 Å². The first-order valence-electron chi connectivity index (χ1n) is 2.64. The average Bonchev–Trinajstić information content (AvgIpc) is 1.94. The van der Waals surface area contributed by atoms with E-state index in [-0.39, 0.29) is 0 Å². The predicted molar refractivity (Wildman–Crippen MR) is 47.5 cm³/mol. The lowest BCUT2D eigenvalue weighted by Gasteiger charge is -1.44. The summed E-state index contributed by atoms with van der Waals surface area (Å²) in [7, 11) is 0. The molecule has 0 amide bonds. The summed E-state index contributed by atoms with van der Waals surface area (Å²) in [6, 6.07) is 0. The van der Waals surface area contributed by atoms with Crippen LogP contribution < -0.4 is 0 Å². The normalized spacial score (nSPS) is 4.11. The highest BCUT2D eigenvalue weighted by atomic mass is 13.4. The molecule has 0 aliphatic heterocycles. The second kappa shape index (κ2) is 64.4. The lowest BCUT2D eigenvalue weighted by molar-refractivity contribution is 1.80. The van der Waals surface area contributed by atoms with Crippen molar-refractivity contribution in [1.82, 2.24) is 0 Å². The van der Waals surface area contributed by atoms with Crippen molar-refractivity contribution in [3.05, 3.63) is 51.1 Å². The molecule has 0 aliphatic rings. The molecule has 0 fully saturated rings. The van der Waals surface area contributed by atoms with Crippen LogP contribution in [-0.4, -0.2) is 0 Å². The Bertz CT molecular complexity index is 54.4. The van der Waals surface area contributed by atoms with Gasteiger partial charge in [-0.25, -0.2) is 0 Å². The Morgan fingerprint density at radius 2 is 1.00 bits per heavy atom. The van der Waals surface area contributed by atoms with E-state index < -0.39 is 0 Å². The molecule has 0 radical (unpaired) electrons. The zero-order valence-electron chi connectivity index (χ0n) is 6.27. The quantitative estimate of drug-likeness (QED) is 0.371. The predicted octanol–water partition coefficient (Wildman–Crippen LogP) is 3.35. The van der Waals surface area contributed by atoms with Gasteiger partial charge in [0, 0.05) is 0 Å². The van der Waals surface area contributed by atoms with Crippen LogP contribution in [-0.2, 0) is 0 Å². The maximum Gasteiger partial charge on any atom is -0.0473 e. The Labute approximate surface area is 58.9 Å². The first-order valence-corrected chi connectivity index (χ1v) is 2.64. The Morgan fingerprint density at radius 3 is 1.00 bits per heavy atom. The van der Waals surface area contributed by atoms with Crippen molar-refractivity contribution in [1.29, 1.82) is 0 Å². The average molecular weight is 124 g/mol. The van der Waals surface area contributed by atoms with E-state index in [0.29, 0.717) is 0 Å². The van der Waals surface area contributed by atoms with Crippen LogP contribution in [0.25, 0.3) is 0 Å². The van der Waals surface area contributed by atoms with Gasteiger partial charge in [0.25, 0.3) is 0 Å². The van der Waals surface area contributed by atoms with E-state index in [0.717, 1.165) is 0 Å². The summed E-state index contributed by atoms with van der Waals surface area (Å²) in [4.78, 5) is 0. The van der Waals surface area contributed by atoms with Crippen molar-refractivity contribution in [3.63, 3.8) is 0 Å². The fourth-order valence-corrected chi connectivity index (χ4v) is 0. The standard InChI is InChI=1S/C4H6.C3H6.C2H4/c1-3-4-2;1-3-2;1-2/h3-4H,1-2H2;3H,1H2,2H3;1-2H2. The van der Waals surface area contributed by atoms with Crippen LogP contribution in [0.3, 0.4) is 0 Å². The first kappa shape index (κ1) is 15.7. The van der Waals surface area contributed by atoms with Crippen LogP contribution in [0.4, 0.5) is 0 Å². The highest BCUT2D eigenvalue weighted by Crippen LogP contribution is 1.52. The van der Waals surface area contributed by atoms with E-state index in [1.54, 1.807) is 18.2 Å². The molecule has 0 aromatic heterocycles. The molecule has 0 nitrogen and oxygen atoms in total. The molecule has 0 saturated carbocycles. The van der Waals surface area contributed by atoms with Gasteiger partial charge in [-0.2, -0.15) is 0 Å². The highest BCUT2D eigenvalue weighted by Gasteiger charge is 1.29. The molecule has 0 heteroatoms. The third kappa shape index (κ3) is 107000. The van der Waals surface area contributed by atoms with Crippen LogP contribution in [0, 0.1) is 0 Å². The minimum absolute atomic E-state index is 1.64. The van der Waals surface area contributed by atoms with Gasteiger partial charge in [-0.05, 0) is 6.92 Å². The van der Waals surface area contributed by atoms with E-state index in [9.17, 15) is 0 Å². The van der Waals surface area contributed by atoms with E-state index in [4.69, 9.17) is 0 Å². The Balaban J connectivity index is -0.0000000646. The van der Waals surface area contributed by atoms with Crippen molar-refractivity contribution in [2.24, 2.45) is 0 Å². The number of hydrogen-bond donors (Lipinski definition) is 0. The Morgan fingerprint density at radius 1 is 0.889 bits per heavy atom. The van der Waals surface area contributed by atoms with Crippen LogP contribution >= 0.6 is 0 Å². The fraction of sp³-hybridized carbons (Fsp3) is 0.111. The largest absolute Gasteiger partial charge is 0.106 e. The molecule has 0 aromatic rings. The SMILES string of the molecule is C=C.C=CC.C=CC=C. The zero-order chi connectivity index (χ0) is 8.12. The van der Waals surface area contributed by atoms with Crippen molar-refractivity contribution >= 4 is 0 Å². The van der Waals surface area contributed by atoms with Crippen molar-refractivity contribution in [2.45, 2.75) is 6.92 Å². The molecule has 52 valence electrons. The summed E-state index contributed by atoms with van der Waals surface area (Å²) < 4.78 is 0. The van der Waals surface area contributed by atoms with Gasteiger partial charge < -0.3 is 0 Å². The van der Waals surface area contributed by atoms with Gasteiger partial charge in [0.15, 0.2) is 0 Å². The monoisotopic (exact) mass is 124 g/mol. The van der Waals surface area contributed by atoms with Gasteiger partial charge >= 0.3 is 0 Å². The Hall–Kier alpha value is -1.04. The molecule has 0 spiro atoms. The first-order chi connectivity index (χ1) is 4.33. The maximum atomic E-state index is 3.36. The molecular weight excluding hydrogens is 108 g/mol. The highest BCUT2D eigenvalue weighted by molar-refractivity contribution is 4.88. The van der Waals surface area contributed by atoms with Crippen LogP contribution in [0.5, 0.6) is 0 Å². The molecular formula is C9H16. The van der Waals surface area contributed by atoms with Gasteiger partial charge in [0.2, 0.25) is 0 Å². The maximum absolute atomic E-state index is 3.36. The van der Waals surface area contributed by atoms with Gasteiger partial charge in [-0.1, -0.05) is 31.4 Å². The molecule has 0 saturated heterocycles. The van der Waals surface area contributed by atoms with Crippen LogP contribution in [0.15, 0.2) is 51.1 Å². The molecule has 0 rings (SSSR count). The van der Waals surface area contributed by atoms with Gasteiger partial charge in [0.1, 0.15) is 0 Å². The van der Waals surface area contributed by atoms with E-state index in [2.05, 4.69) is 32.9 Å². The summed E-state index contributed by atoms with van der Waals surface area (Å²) in [5.41, 5.74) is 0. The lowest BCUT2D eigenvalue weighted by atomic mass is 10.6. The summed E-state index contributed by atoms with van der Waals surface area (Å²) in [5.74, 6) is 0. The van der Waals surface area contributed by atoms with Gasteiger partial charge in [-0.3, -0.25) is 0 Å². The number of rotatable bonds is 1. The molecule has 0 bridgehead atoms. The second-order valence-corrected chi connectivity index (χ2v) is 0.880. The molecule has 0 N–H and O–H groups in total. The summed E-state index contributed by atoms with van der Waals surface area (Å²) >= 11 is 0. The molecule has 0 heterocycles.